The Morgan fingerprint density at radius 1 is 1.10 bits per heavy atom. The van der Waals surface area contributed by atoms with Gasteiger partial charge in [0.05, 0.1) is 5.71 Å². The number of aliphatic imine (C=N–C) groups is 1. The fraction of sp³-hybridized carbons (Fsp3) is 0.294. The van der Waals surface area contributed by atoms with Gasteiger partial charge in [-0.15, -0.1) is 0 Å². The highest BCUT2D eigenvalue weighted by Crippen LogP contribution is 2.32. The molecule has 0 bridgehead atoms. The maximum atomic E-state index is 5.92. The number of pyridine rings is 1. The number of hydrogen-bond donors (Lipinski definition) is 0. The molecule has 0 spiro atoms. The Balaban J connectivity index is 2.19. The predicted molar refractivity (Wildman–Crippen MR) is 80.5 cm³/mol. The van der Waals surface area contributed by atoms with Gasteiger partial charge in [-0.25, -0.2) is 4.99 Å². The normalized spacial score (nSPS) is 16.1. The summed E-state index contributed by atoms with van der Waals surface area (Å²) >= 11 is 0. The number of ether oxygens (including phenoxy) is 1. The number of hydrogen-bond acceptors (Lipinski definition) is 3. The first-order valence-electron chi connectivity index (χ1n) is 6.78. The van der Waals surface area contributed by atoms with Crippen molar-refractivity contribution in [1.82, 2.24) is 4.98 Å². The second-order valence-electron chi connectivity index (χ2n) is 5.63. The van der Waals surface area contributed by atoms with E-state index in [9.17, 15) is 0 Å². The van der Waals surface area contributed by atoms with Crippen LogP contribution in [-0.4, -0.2) is 16.4 Å². The van der Waals surface area contributed by atoms with E-state index in [1.54, 1.807) is 0 Å². The van der Waals surface area contributed by atoms with Crippen molar-refractivity contribution in [2.24, 2.45) is 4.99 Å². The zero-order valence-electron chi connectivity index (χ0n) is 12.3. The lowest BCUT2D eigenvalue weighted by Crippen LogP contribution is -2.32. The summed E-state index contributed by atoms with van der Waals surface area (Å²) in [6.07, 6.45) is 1.89. The van der Waals surface area contributed by atoms with Gasteiger partial charge in [0.25, 0.3) is 0 Å². The standard InChI is InChI=1S/C17H18N2O/c1-11-9-13(10-18-12(11)2)16-14-7-5-6-8-15(14)20-17(3,4)19-16/h5-10H,1-4H3. The molecule has 0 saturated carbocycles. The van der Waals surface area contributed by atoms with Crippen LogP contribution in [-0.2, 0) is 0 Å². The van der Waals surface area contributed by atoms with E-state index in [1.807, 2.05) is 51.2 Å². The number of benzene rings is 1. The summed E-state index contributed by atoms with van der Waals surface area (Å²) in [6.45, 7) is 8.03. The molecule has 0 N–H and O–H groups in total. The molecule has 3 nitrogen and oxygen atoms in total. The fourth-order valence-corrected chi connectivity index (χ4v) is 2.37. The zero-order chi connectivity index (χ0) is 14.3. The summed E-state index contributed by atoms with van der Waals surface area (Å²) in [4.78, 5) is 9.20. The van der Waals surface area contributed by atoms with E-state index in [2.05, 4.69) is 18.0 Å². The lowest BCUT2D eigenvalue weighted by atomic mass is 9.99. The quantitative estimate of drug-likeness (QED) is 0.789. The third kappa shape index (κ3) is 2.20. The van der Waals surface area contributed by atoms with Crippen molar-refractivity contribution in [3.8, 4) is 5.75 Å². The maximum absolute atomic E-state index is 5.92. The molecule has 1 aliphatic rings. The van der Waals surface area contributed by atoms with E-state index in [1.165, 1.54) is 5.56 Å². The molecule has 0 fully saturated rings. The monoisotopic (exact) mass is 266 g/mol. The second kappa shape index (κ2) is 4.44. The average molecular weight is 266 g/mol. The van der Waals surface area contributed by atoms with Crippen LogP contribution in [0.4, 0.5) is 0 Å². The molecule has 0 amide bonds. The minimum Gasteiger partial charge on any atom is -0.466 e. The van der Waals surface area contributed by atoms with E-state index in [-0.39, 0.29) is 0 Å². The second-order valence-corrected chi connectivity index (χ2v) is 5.63. The third-order valence-corrected chi connectivity index (χ3v) is 3.50. The first kappa shape index (κ1) is 12.9. The van der Waals surface area contributed by atoms with Gasteiger partial charge in [0.15, 0.2) is 5.72 Å². The zero-order valence-corrected chi connectivity index (χ0v) is 12.3. The van der Waals surface area contributed by atoms with Gasteiger partial charge in [0.2, 0.25) is 0 Å². The molecule has 3 heteroatoms. The summed E-state index contributed by atoms with van der Waals surface area (Å²) < 4.78 is 5.92. The lowest BCUT2D eigenvalue weighted by Gasteiger charge is -2.30. The van der Waals surface area contributed by atoms with Crippen molar-refractivity contribution >= 4 is 5.71 Å². The average Bonchev–Trinajstić information content (AvgIpc) is 2.40. The van der Waals surface area contributed by atoms with Crippen molar-refractivity contribution < 1.29 is 4.74 Å². The minimum absolute atomic E-state index is 0.553. The van der Waals surface area contributed by atoms with Gasteiger partial charge in [0.1, 0.15) is 5.75 Å². The van der Waals surface area contributed by atoms with Gasteiger partial charge in [-0.1, -0.05) is 12.1 Å². The first-order chi connectivity index (χ1) is 9.46. The number of aryl methyl sites for hydroxylation is 2. The Kier molecular flexibility index (Phi) is 2.85. The SMILES string of the molecule is Cc1cc(C2=NC(C)(C)Oc3ccccc32)cnc1C. The Hall–Kier alpha value is -2.16. The van der Waals surface area contributed by atoms with Crippen LogP contribution in [0.25, 0.3) is 0 Å². The maximum Gasteiger partial charge on any atom is 0.195 e. The number of fused-ring (bicyclic) bond motifs is 1. The van der Waals surface area contributed by atoms with Crippen LogP contribution < -0.4 is 4.74 Å². The van der Waals surface area contributed by atoms with Crippen LogP contribution in [0.5, 0.6) is 5.75 Å². The molecule has 0 atom stereocenters. The molecule has 2 aromatic rings. The number of para-hydroxylation sites is 1. The third-order valence-electron chi connectivity index (χ3n) is 3.50. The van der Waals surface area contributed by atoms with Crippen LogP contribution in [0.15, 0.2) is 41.5 Å². The Labute approximate surface area is 119 Å². The number of rotatable bonds is 1. The van der Waals surface area contributed by atoms with Crippen molar-refractivity contribution in [2.75, 3.05) is 0 Å². The Morgan fingerprint density at radius 3 is 2.60 bits per heavy atom. The van der Waals surface area contributed by atoms with E-state index >= 15 is 0 Å². The molecule has 1 aliphatic heterocycles. The van der Waals surface area contributed by atoms with E-state index < -0.39 is 5.72 Å². The van der Waals surface area contributed by atoms with Crippen molar-refractivity contribution in [1.29, 1.82) is 0 Å². The van der Waals surface area contributed by atoms with Crippen LogP contribution in [0.3, 0.4) is 0 Å². The molecule has 1 aromatic heterocycles. The molecular formula is C17H18N2O. The van der Waals surface area contributed by atoms with Crippen LogP contribution in [0.1, 0.15) is 36.2 Å². The molecule has 0 saturated heterocycles. The number of aromatic nitrogens is 1. The smallest absolute Gasteiger partial charge is 0.195 e. The highest BCUT2D eigenvalue weighted by molar-refractivity contribution is 6.15. The Bertz CT molecular complexity index is 702. The first-order valence-corrected chi connectivity index (χ1v) is 6.78. The Morgan fingerprint density at radius 2 is 1.85 bits per heavy atom. The van der Waals surface area contributed by atoms with Crippen LogP contribution >= 0.6 is 0 Å². The van der Waals surface area contributed by atoms with E-state index in [0.717, 1.165) is 28.3 Å². The van der Waals surface area contributed by atoms with Gasteiger partial charge >= 0.3 is 0 Å². The molecule has 2 heterocycles. The van der Waals surface area contributed by atoms with Gasteiger partial charge in [-0.3, -0.25) is 4.98 Å². The summed E-state index contributed by atoms with van der Waals surface area (Å²) in [5, 5.41) is 0. The molecular weight excluding hydrogens is 248 g/mol. The summed E-state index contributed by atoms with van der Waals surface area (Å²) in [5.41, 5.74) is 4.69. The van der Waals surface area contributed by atoms with Gasteiger partial charge in [0, 0.05) is 23.0 Å². The molecule has 20 heavy (non-hydrogen) atoms. The minimum atomic E-state index is -0.553. The lowest BCUT2D eigenvalue weighted by molar-refractivity contribution is 0.115. The van der Waals surface area contributed by atoms with E-state index in [4.69, 9.17) is 9.73 Å². The molecule has 0 aliphatic carbocycles. The topological polar surface area (TPSA) is 34.5 Å². The van der Waals surface area contributed by atoms with Crippen LogP contribution in [0, 0.1) is 13.8 Å². The van der Waals surface area contributed by atoms with Gasteiger partial charge in [-0.2, -0.15) is 0 Å². The van der Waals surface area contributed by atoms with E-state index in [0.29, 0.717) is 0 Å². The van der Waals surface area contributed by atoms with Gasteiger partial charge in [-0.05, 0) is 51.5 Å². The summed E-state index contributed by atoms with van der Waals surface area (Å²) in [7, 11) is 0. The van der Waals surface area contributed by atoms with Crippen LogP contribution in [0.2, 0.25) is 0 Å². The molecule has 1 aromatic carbocycles. The highest BCUT2D eigenvalue weighted by Gasteiger charge is 2.28. The largest absolute Gasteiger partial charge is 0.466 e. The summed E-state index contributed by atoms with van der Waals surface area (Å²) in [5.74, 6) is 0.876. The number of nitrogens with zero attached hydrogens (tertiary/aromatic N) is 2. The highest BCUT2D eigenvalue weighted by atomic mass is 16.5. The van der Waals surface area contributed by atoms with Crippen molar-refractivity contribution in [3.05, 3.63) is 58.9 Å². The molecule has 0 radical (unpaired) electrons. The van der Waals surface area contributed by atoms with Gasteiger partial charge < -0.3 is 4.74 Å². The molecule has 102 valence electrons. The molecule has 3 rings (SSSR count). The fourth-order valence-electron chi connectivity index (χ4n) is 2.37. The molecule has 0 unspecified atom stereocenters. The summed E-state index contributed by atoms with van der Waals surface area (Å²) in [6, 6.07) is 10.2. The van der Waals surface area contributed by atoms with Crippen molar-refractivity contribution in [3.63, 3.8) is 0 Å². The predicted octanol–water partition coefficient (Wildman–Crippen LogP) is 3.66. The van der Waals surface area contributed by atoms with Crippen molar-refractivity contribution in [2.45, 2.75) is 33.4 Å².